The highest BCUT2D eigenvalue weighted by Gasteiger charge is 2.53. The summed E-state index contributed by atoms with van der Waals surface area (Å²) in [6, 6.07) is 1.26. The number of halogens is 3. The molecule has 2 unspecified atom stereocenters. The number of rotatable bonds is 3. The summed E-state index contributed by atoms with van der Waals surface area (Å²) < 4.78 is 65.4. The van der Waals surface area contributed by atoms with Crippen LogP contribution in [0.3, 0.4) is 0 Å². The average Bonchev–Trinajstić information content (AvgIpc) is 2.74. The fraction of sp³-hybridized carbons (Fsp3) is 0.471. The summed E-state index contributed by atoms with van der Waals surface area (Å²) in [6.07, 6.45) is 3.55. The van der Waals surface area contributed by atoms with Gasteiger partial charge < -0.3 is 9.31 Å². The monoisotopic (exact) mass is 432 g/mol. The van der Waals surface area contributed by atoms with Crippen molar-refractivity contribution in [2.24, 2.45) is 5.14 Å². The molecule has 28 heavy (non-hydrogen) atoms. The summed E-state index contributed by atoms with van der Waals surface area (Å²) in [6.45, 7) is 7.37. The van der Waals surface area contributed by atoms with E-state index < -0.39 is 45.1 Å². The smallest absolute Gasteiger partial charge is 0.399 e. The van der Waals surface area contributed by atoms with Crippen LogP contribution in [-0.2, 0) is 25.0 Å². The standard InChI is InChI=1S/C17H20BClF2N2O4S/c1-15(2)16(3,4)27-18(26-15)10-7-12(14(19)23-9-10)17(21)8-11(20)5-6-13(17)28(22,24)25/h5-9,13H,1-4H3,(H2,22,24,25). The molecule has 0 bridgehead atoms. The van der Waals surface area contributed by atoms with Gasteiger partial charge in [0, 0.05) is 17.2 Å². The Labute approximate surface area is 167 Å². The van der Waals surface area contributed by atoms with E-state index in [2.05, 4.69) is 4.98 Å². The molecule has 0 spiro atoms. The number of hydrogen-bond acceptors (Lipinski definition) is 5. The van der Waals surface area contributed by atoms with Crippen LogP contribution in [0.15, 0.2) is 36.3 Å². The van der Waals surface area contributed by atoms with E-state index in [0.717, 1.165) is 12.2 Å². The van der Waals surface area contributed by atoms with Crippen molar-refractivity contribution in [1.29, 1.82) is 0 Å². The van der Waals surface area contributed by atoms with Gasteiger partial charge in [-0.3, -0.25) is 0 Å². The molecule has 1 aliphatic heterocycles. The van der Waals surface area contributed by atoms with E-state index in [9.17, 15) is 12.8 Å². The normalized spacial score (nSPS) is 29.1. The topological polar surface area (TPSA) is 91.5 Å². The SMILES string of the molecule is CC1(C)OB(c2cnc(Cl)c(C3(F)C=C(F)C=CC3S(N)(=O)=O)c2)OC1(C)C. The maximum absolute atomic E-state index is 15.9. The fourth-order valence-electron chi connectivity index (χ4n) is 3.07. The lowest BCUT2D eigenvalue weighted by molar-refractivity contribution is 0.00578. The third kappa shape index (κ3) is 3.52. The van der Waals surface area contributed by atoms with Crippen molar-refractivity contribution in [3.05, 3.63) is 47.0 Å². The van der Waals surface area contributed by atoms with Crippen LogP contribution >= 0.6 is 11.6 Å². The van der Waals surface area contributed by atoms with E-state index >= 15 is 4.39 Å². The number of allylic oxidation sites excluding steroid dienone is 3. The summed E-state index contributed by atoms with van der Waals surface area (Å²) in [4.78, 5) is 3.94. The van der Waals surface area contributed by atoms with Gasteiger partial charge in [0.05, 0.1) is 11.2 Å². The van der Waals surface area contributed by atoms with Crippen LogP contribution in [0.2, 0.25) is 5.15 Å². The molecule has 11 heteroatoms. The van der Waals surface area contributed by atoms with E-state index in [4.69, 9.17) is 26.0 Å². The molecule has 152 valence electrons. The van der Waals surface area contributed by atoms with Gasteiger partial charge in [-0.2, -0.15) is 0 Å². The molecular formula is C17H20BClF2N2O4S. The summed E-state index contributed by atoms with van der Waals surface area (Å²) in [5.74, 6) is -0.959. The van der Waals surface area contributed by atoms with Gasteiger partial charge >= 0.3 is 7.12 Å². The molecule has 2 atom stereocenters. The van der Waals surface area contributed by atoms with Gasteiger partial charge in [-0.05, 0) is 39.8 Å². The lowest BCUT2D eigenvalue weighted by Gasteiger charge is -2.32. The second-order valence-corrected chi connectivity index (χ2v) is 9.91. The molecular weight excluding hydrogens is 413 g/mol. The maximum Gasteiger partial charge on any atom is 0.496 e. The van der Waals surface area contributed by atoms with Crippen LogP contribution in [0.4, 0.5) is 8.78 Å². The summed E-state index contributed by atoms with van der Waals surface area (Å²) in [5, 5.41) is 2.97. The van der Waals surface area contributed by atoms with Gasteiger partial charge in [-0.1, -0.05) is 23.7 Å². The Hall–Kier alpha value is -1.33. The van der Waals surface area contributed by atoms with E-state index in [-0.39, 0.29) is 10.7 Å². The van der Waals surface area contributed by atoms with E-state index in [0.29, 0.717) is 11.5 Å². The molecule has 1 saturated heterocycles. The first kappa shape index (κ1) is 21.4. The Bertz CT molecular complexity index is 967. The molecule has 2 aliphatic rings. The second-order valence-electron chi connectivity index (χ2n) is 7.86. The largest absolute Gasteiger partial charge is 0.496 e. The van der Waals surface area contributed by atoms with Crippen LogP contribution < -0.4 is 10.6 Å². The summed E-state index contributed by atoms with van der Waals surface area (Å²) in [5.41, 5.74) is -4.20. The average molecular weight is 433 g/mol. The highest BCUT2D eigenvalue weighted by Crippen LogP contribution is 2.42. The quantitative estimate of drug-likeness (QED) is 0.584. The van der Waals surface area contributed by atoms with Gasteiger partial charge in [0.1, 0.15) is 16.2 Å². The Balaban J connectivity index is 2.11. The van der Waals surface area contributed by atoms with Crippen molar-refractivity contribution < 1.29 is 26.5 Å². The van der Waals surface area contributed by atoms with Crippen LogP contribution in [-0.4, -0.2) is 37.0 Å². The molecule has 0 radical (unpaired) electrons. The third-order valence-corrected chi connectivity index (χ3v) is 6.85. The zero-order chi connectivity index (χ0) is 21.1. The minimum absolute atomic E-state index is 0.312. The lowest BCUT2D eigenvalue weighted by Crippen LogP contribution is -2.44. The molecule has 1 aliphatic carbocycles. The minimum atomic E-state index is -4.41. The zero-order valence-corrected chi connectivity index (χ0v) is 17.3. The molecule has 0 saturated carbocycles. The van der Waals surface area contributed by atoms with Crippen molar-refractivity contribution in [3.8, 4) is 0 Å². The summed E-state index contributed by atoms with van der Waals surface area (Å²) >= 11 is 6.06. The predicted octanol–water partition coefficient (Wildman–Crippen LogP) is 2.28. The number of hydrogen-bond donors (Lipinski definition) is 1. The van der Waals surface area contributed by atoms with Gasteiger partial charge in [0.15, 0.2) is 5.67 Å². The van der Waals surface area contributed by atoms with E-state index in [1.165, 1.54) is 12.3 Å². The number of primary sulfonamides is 1. The Kier molecular flexibility index (Phi) is 5.04. The highest BCUT2D eigenvalue weighted by atomic mass is 35.5. The number of nitrogens with zero attached hydrogens (tertiary/aromatic N) is 1. The van der Waals surface area contributed by atoms with Crippen LogP contribution in [0.25, 0.3) is 0 Å². The number of nitrogens with two attached hydrogens (primary N) is 1. The van der Waals surface area contributed by atoms with Crippen molar-refractivity contribution in [2.75, 3.05) is 0 Å². The van der Waals surface area contributed by atoms with Crippen molar-refractivity contribution >= 4 is 34.2 Å². The predicted molar refractivity (Wildman–Crippen MR) is 103 cm³/mol. The molecule has 2 N–H and O–H groups in total. The summed E-state index contributed by atoms with van der Waals surface area (Å²) in [7, 11) is -5.30. The maximum atomic E-state index is 15.9. The Morgan fingerprint density at radius 2 is 1.82 bits per heavy atom. The Morgan fingerprint density at radius 1 is 1.25 bits per heavy atom. The number of alkyl halides is 1. The van der Waals surface area contributed by atoms with Gasteiger partial charge in [-0.15, -0.1) is 0 Å². The molecule has 0 aromatic carbocycles. The third-order valence-electron chi connectivity index (χ3n) is 5.34. The molecule has 1 aromatic heterocycles. The molecule has 0 amide bonds. The van der Waals surface area contributed by atoms with Crippen molar-refractivity contribution in [1.82, 2.24) is 4.98 Å². The van der Waals surface area contributed by atoms with Crippen molar-refractivity contribution in [3.63, 3.8) is 0 Å². The first-order chi connectivity index (χ1) is 12.7. The molecule has 6 nitrogen and oxygen atoms in total. The number of pyridine rings is 1. The van der Waals surface area contributed by atoms with Gasteiger partial charge in [-0.25, -0.2) is 27.3 Å². The first-order valence-corrected chi connectivity index (χ1v) is 10.4. The highest BCUT2D eigenvalue weighted by molar-refractivity contribution is 7.90. The fourth-order valence-corrected chi connectivity index (χ4v) is 4.29. The molecule has 1 aromatic rings. The zero-order valence-electron chi connectivity index (χ0n) is 15.7. The van der Waals surface area contributed by atoms with Crippen LogP contribution in [0.5, 0.6) is 0 Å². The first-order valence-electron chi connectivity index (χ1n) is 8.46. The van der Waals surface area contributed by atoms with E-state index in [1.807, 2.05) is 27.7 Å². The molecule has 3 rings (SSSR count). The Morgan fingerprint density at radius 3 is 2.36 bits per heavy atom. The molecule has 1 fully saturated rings. The minimum Gasteiger partial charge on any atom is -0.399 e. The number of sulfonamides is 1. The van der Waals surface area contributed by atoms with Crippen LogP contribution in [0, 0.1) is 0 Å². The van der Waals surface area contributed by atoms with E-state index in [1.54, 1.807) is 0 Å². The molecule has 2 heterocycles. The van der Waals surface area contributed by atoms with Crippen molar-refractivity contribution in [2.45, 2.75) is 49.8 Å². The second kappa shape index (κ2) is 6.60. The van der Waals surface area contributed by atoms with Crippen LogP contribution in [0.1, 0.15) is 33.3 Å². The number of aromatic nitrogens is 1. The van der Waals surface area contributed by atoms with Gasteiger partial charge in [0.2, 0.25) is 10.0 Å². The lowest BCUT2D eigenvalue weighted by atomic mass is 9.77. The van der Waals surface area contributed by atoms with Gasteiger partial charge in [0.25, 0.3) is 0 Å².